The van der Waals surface area contributed by atoms with Gasteiger partial charge >= 0.3 is 0 Å². The van der Waals surface area contributed by atoms with Crippen LogP contribution < -0.4 is 10.5 Å². The molecule has 2 aromatic rings. The highest BCUT2D eigenvalue weighted by Crippen LogP contribution is 2.31. The van der Waals surface area contributed by atoms with Gasteiger partial charge in [0.1, 0.15) is 5.75 Å². The smallest absolute Gasteiger partial charge is 0.119 e. The first kappa shape index (κ1) is 12.1. The van der Waals surface area contributed by atoms with Crippen LogP contribution in [0.3, 0.4) is 0 Å². The van der Waals surface area contributed by atoms with Crippen molar-refractivity contribution in [1.29, 1.82) is 0 Å². The molecule has 1 atom stereocenters. The Balaban J connectivity index is 2.38. The number of benzene rings is 1. The van der Waals surface area contributed by atoms with Crippen molar-refractivity contribution in [2.75, 3.05) is 13.7 Å². The third-order valence-corrected chi connectivity index (χ3v) is 3.96. The quantitative estimate of drug-likeness (QED) is 0.900. The van der Waals surface area contributed by atoms with Crippen molar-refractivity contribution in [3.8, 4) is 5.75 Å². The van der Waals surface area contributed by atoms with Crippen molar-refractivity contribution in [2.24, 2.45) is 5.73 Å². The van der Waals surface area contributed by atoms with Gasteiger partial charge in [0.25, 0.3) is 0 Å². The standard InChI is InChI=1S/C14H17NOS/c1-10-8-11(16-2)5-6-12(10)13(9-15)14-4-3-7-17-14/h3-8,13H,9,15H2,1-2H3. The molecular weight excluding hydrogens is 230 g/mol. The molecule has 0 saturated heterocycles. The van der Waals surface area contributed by atoms with Gasteiger partial charge in [-0.2, -0.15) is 0 Å². The molecule has 0 aliphatic rings. The minimum Gasteiger partial charge on any atom is -0.497 e. The second kappa shape index (κ2) is 5.34. The van der Waals surface area contributed by atoms with Crippen LogP contribution in [0.4, 0.5) is 0 Å². The van der Waals surface area contributed by atoms with E-state index in [1.54, 1.807) is 18.4 Å². The van der Waals surface area contributed by atoms with E-state index < -0.39 is 0 Å². The fourth-order valence-electron chi connectivity index (χ4n) is 2.05. The highest BCUT2D eigenvalue weighted by molar-refractivity contribution is 7.10. The summed E-state index contributed by atoms with van der Waals surface area (Å²) in [7, 11) is 1.69. The normalized spacial score (nSPS) is 12.4. The number of rotatable bonds is 4. The molecule has 0 aliphatic heterocycles. The molecular formula is C14H17NOS. The number of methoxy groups -OCH3 is 1. The van der Waals surface area contributed by atoms with Crippen molar-refractivity contribution in [3.05, 3.63) is 51.7 Å². The van der Waals surface area contributed by atoms with Gasteiger partial charge in [-0.05, 0) is 41.6 Å². The topological polar surface area (TPSA) is 35.2 Å². The summed E-state index contributed by atoms with van der Waals surface area (Å²) in [5.41, 5.74) is 8.43. The van der Waals surface area contributed by atoms with E-state index in [1.807, 2.05) is 6.07 Å². The molecule has 1 aromatic heterocycles. The Hall–Kier alpha value is -1.32. The van der Waals surface area contributed by atoms with Crippen LogP contribution in [0.1, 0.15) is 21.9 Å². The number of ether oxygens (including phenoxy) is 1. The largest absolute Gasteiger partial charge is 0.497 e. The van der Waals surface area contributed by atoms with Crippen LogP contribution in [0.25, 0.3) is 0 Å². The van der Waals surface area contributed by atoms with Gasteiger partial charge in [0.05, 0.1) is 7.11 Å². The number of nitrogens with two attached hydrogens (primary N) is 1. The minimum absolute atomic E-state index is 0.293. The Morgan fingerprint density at radius 3 is 2.71 bits per heavy atom. The second-order valence-electron chi connectivity index (χ2n) is 4.03. The highest BCUT2D eigenvalue weighted by atomic mass is 32.1. The van der Waals surface area contributed by atoms with E-state index in [4.69, 9.17) is 10.5 Å². The summed E-state index contributed by atoms with van der Waals surface area (Å²) >= 11 is 1.76. The van der Waals surface area contributed by atoms with Gasteiger partial charge in [-0.25, -0.2) is 0 Å². The second-order valence-corrected chi connectivity index (χ2v) is 5.01. The molecule has 0 aliphatic carbocycles. The van der Waals surface area contributed by atoms with Gasteiger partial charge in [0.15, 0.2) is 0 Å². The summed E-state index contributed by atoms with van der Waals surface area (Å²) in [5, 5.41) is 2.09. The van der Waals surface area contributed by atoms with Crippen molar-refractivity contribution < 1.29 is 4.74 Å². The Morgan fingerprint density at radius 2 is 2.18 bits per heavy atom. The lowest BCUT2D eigenvalue weighted by atomic mass is 9.93. The maximum absolute atomic E-state index is 5.91. The molecule has 0 spiro atoms. The monoisotopic (exact) mass is 247 g/mol. The molecule has 0 bridgehead atoms. The molecule has 3 heteroatoms. The molecule has 0 amide bonds. The van der Waals surface area contributed by atoms with E-state index >= 15 is 0 Å². The maximum Gasteiger partial charge on any atom is 0.119 e. The molecule has 1 aromatic carbocycles. The zero-order valence-electron chi connectivity index (χ0n) is 10.1. The maximum atomic E-state index is 5.91. The molecule has 1 unspecified atom stereocenters. The SMILES string of the molecule is COc1ccc(C(CN)c2cccs2)c(C)c1. The van der Waals surface area contributed by atoms with Gasteiger partial charge in [0, 0.05) is 17.3 Å². The molecule has 0 saturated carbocycles. The lowest BCUT2D eigenvalue weighted by Gasteiger charge is -2.17. The summed E-state index contributed by atoms with van der Waals surface area (Å²) in [6, 6.07) is 10.4. The number of hydrogen-bond acceptors (Lipinski definition) is 3. The number of thiophene rings is 1. The van der Waals surface area contributed by atoms with Crippen molar-refractivity contribution in [2.45, 2.75) is 12.8 Å². The van der Waals surface area contributed by atoms with Crippen LogP contribution in [0, 0.1) is 6.92 Å². The Labute approximate surface area is 106 Å². The third kappa shape index (κ3) is 2.51. The first-order chi connectivity index (χ1) is 8.26. The Kier molecular flexibility index (Phi) is 3.82. The van der Waals surface area contributed by atoms with E-state index in [1.165, 1.54) is 16.0 Å². The van der Waals surface area contributed by atoms with E-state index in [9.17, 15) is 0 Å². The first-order valence-electron chi connectivity index (χ1n) is 5.64. The summed E-state index contributed by atoms with van der Waals surface area (Å²) in [6.45, 7) is 2.74. The van der Waals surface area contributed by atoms with Crippen LogP contribution in [0.2, 0.25) is 0 Å². The lowest BCUT2D eigenvalue weighted by molar-refractivity contribution is 0.414. The Morgan fingerprint density at radius 1 is 1.35 bits per heavy atom. The van der Waals surface area contributed by atoms with Crippen LogP contribution in [0.5, 0.6) is 5.75 Å². The number of hydrogen-bond donors (Lipinski definition) is 1. The van der Waals surface area contributed by atoms with Gasteiger partial charge in [0.2, 0.25) is 0 Å². The summed E-state index contributed by atoms with van der Waals surface area (Å²) in [6.07, 6.45) is 0. The predicted octanol–water partition coefficient (Wildman–Crippen LogP) is 3.16. The fourth-order valence-corrected chi connectivity index (χ4v) is 2.91. The van der Waals surface area contributed by atoms with Gasteiger partial charge in [-0.3, -0.25) is 0 Å². The molecule has 1 heterocycles. The molecule has 2 rings (SSSR count). The number of aryl methyl sites for hydroxylation is 1. The molecule has 0 fully saturated rings. The van der Waals surface area contributed by atoms with Crippen LogP contribution in [-0.4, -0.2) is 13.7 Å². The average molecular weight is 247 g/mol. The predicted molar refractivity (Wildman–Crippen MR) is 72.9 cm³/mol. The lowest BCUT2D eigenvalue weighted by Crippen LogP contribution is -2.13. The van der Waals surface area contributed by atoms with Crippen molar-refractivity contribution in [3.63, 3.8) is 0 Å². The fraction of sp³-hybridized carbons (Fsp3) is 0.286. The zero-order valence-corrected chi connectivity index (χ0v) is 11.0. The third-order valence-electron chi connectivity index (χ3n) is 2.97. The van der Waals surface area contributed by atoms with E-state index in [0.29, 0.717) is 12.5 Å². The Bertz CT molecular complexity index is 479. The summed E-state index contributed by atoms with van der Waals surface area (Å²) < 4.78 is 5.23. The molecule has 17 heavy (non-hydrogen) atoms. The van der Waals surface area contributed by atoms with Crippen LogP contribution >= 0.6 is 11.3 Å². The first-order valence-corrected chi connectivity index (χ1v) is 6.52. The van der Waals surface area contributed by atoms with E-state index in [0.717, 1.165) is 5.75 Å². The minimum atomic E-state index is 0.293. The average Bonchev–Trinajstić information content (AvgIpc) is 2.85. The van der Waals surface area contributed by atoms with E-state index in [2.05, 4.69) is 36.6 Å². The molecule has 90 valence electrons. The van der Waals surface area contributed by atoms with Gasteiger partial charge < -0.3 is 10.5 Å². The van der Waals surface area contributed by atoms with Gasteiger partial charge in [-0.15, -0.1) is 11.3 Å². The molecule has 0 radical (unpaired) electrons. The summed E-state index contributed by atoms with van der Waals surface area (Å²) in [4.78, 5) is 1.32. The van der Waals surface area contributed by atoms with Crippen molar-refractivity contribution in [1.82, 2.24) is 0 Å². The van der Waals surface area contributed by atoms with Crippen LogP contribution in [-0.2, 0) is 0 Å². The summed E-state index contributed by atoms with van der Waals surface area (Å²) in [5.74, 6) is 1.19. The van der Waals surface area contributed by atoms with Crippen LogP contribution in [0.15, 0.2) is 35.7 Å². The van der Waals surface area contributed by atoms with Crippen molar-refractivity contribution >= 4 is 11.3 Å². The molecule has 2 nitrogen and oxygen atoms in total. The molecule has 2 N–H and O–H groups in total. The zero-order chi connectivity index (χ0) is 12.3. The van der Waals surface area contributed by atoms with E-state index in [-0.39, 0.29) is 0 Å². The van der Waals surface area contributed by atoms with Gasteiger partial charge in [-0.1, -0.05) is 12.1 Å². The highest BCUT2D eigenvalue weighted by Gasteiger charge is 2.15.